The fourth-order valence-corrected chi connectivity index (χ4v) is 1.87. The Morgan fingerprint density at radius 3 is 2.19 bits per heavy atom. The van der Waals surface area contributed by atoms with E-state index in [1.54, 1.807) is 12.2 Å². The maximum Gasteiger partial charge on any atom is 0.107 e. The first kappa shape index (κ1) is 15.4. The van der Waals surface area contributed by atoms with Crippen LogP contribution in [0.5, 0.6) is 0 Å². The second-order valence-corrected chi connectivity index (χ2v) is 4.83. The van der Waals surface area contributed by atoms with E-state index in [1.165, 1.54) is 0 Å². The van der Waals surface area contributed by atoms with Crippen LogP contribution in [0, 0.1) is 0 Å². The minimum Gasteiger partial charge on any atom is -0.388 e. The second kappa shape index (κ2) is 8.37. The van der Waals surface area contributed by atoms with Gasteiger partial charge in [0.2, 0.25) is 0 Å². The van der Waals surface area contributed by atoms with Crippen LogP contribution in [-0.4, -0.2) is 29.0 Å². The summed E-state index contributed by atoms with van der Waals surface area (Å²) in [6.07, 6.45) is 1.48. The van der Waals surface area contributed by atoms with Gasteiger partial charge in [0.05, 0.1) is 13.2 Å². The average Bonchev–Trinajstić information content (AvgIpc) is 2.54. The number of hydrogen-bond acceptors (Lipinski definition) is 3. The van der Waals surface area contributed by atoms with Gasteiger partial charge >= 0.3 is 0 Å². The molecule has 0 amide bonds. The molecule has 0 fully saturated rings. The zero-order chi connectivity index (χ0) is 14.9. The van der Waals surface area contributed by atoms with E-state index in [0.29, 0.717) is 6.61 Å². The van der Waals surface area contributed by atoms with Gasteiger partial charge in [0.1, 0.15) is 12.2 Å². The minimum absolute atomic E-state index is 0.0925. The van der Waals surface area contributed by atoms with Gasteiger partial charge in [-0.15, -0.1) is 0 Å². The Morgan fingerprint density at radius 2 is 1.52 bits per heavy atom. The molecule has 0 saturated heterocycles. The summed E-state index contributed by atoms with van der Waals surface area (Å²) in [5, 5.41) is 19.7. The summed E-state index contributed by atoms with van der Waals surface area (Å²) in [5.74, 6) is 0. The highest BCUT2D eigenvalue weighted by atomic mass is 16.5. The molecular weight excluding hydrogens is 264 g/mol. The van der Waals surface area contributed by atoms with E-state index in [-0.39, 0.29) is 6.61 Å². The molecule has 2 N–H and O–H groups in total. The highest BCUT2D eigenvalue weighted by Crippen LogP contribution is 2.06. The molecule has 0 radical (unpaired) electrons. The third kappa shape index (κ3) is 5.52. The minimum atomic E-state index is -0.944. The summed E-state index contributed by atoms with van der Waals surface area (Å²) in [5.41, 5.74) is 2.02. The standard InChI is InChI=1S/C18H20O3/c19-17(12-11-15-7-3-1-4-8-15)18(20)14-21-13-16-9-5-2-6-10-16/h1-12,17-20H,13-14H2/b12-11+/t17-,18-/m0/s1. The van der Waals surface area contributed by atoms with Crippen LogP contribution in [0.4, 0.5) is 0 Å². The van der Waals surface area contributed by atoms with Crippen LogP contribution in [0.1, 0.15) is 11.1 Å². The number of benzene rings is 2. The van der Waals surface area contributed by atoms with E-state index in [4.69, 9.17) is 4.74 Å². The van der Waals surface area contributed by atoms with Gasteiger partial charge in [-0.1, -0.05) is 72.8 Å². The van der Waals surface area contributed by atoms with Crippen molar-refractivity contribution >= 4 is 6.08 Å². The lowest BCUT2D eigenvalue weighted by molar-refractivity contribution is -0.0245. The molecule has 0 bridgehead atoms. The summed E-state index contributed by atoms with van der Waals surface area (Å²) < 4.78 is 5.41. The molecule has 0 unspecified atom stereocenters. The van der Waals surface area contributed by atoms with Gasteiger partial charge in [-0.3, -0.25) is 0 Å². The maximum atomic E-state index is 9.86. The van der Waals surface area contributed by atoms with Crippen LogP contribution in [0.2, 0.25) is 0 Å². The van der Waals surface area contributed by atoms with Crippen molar-refractivity contribution < 1.29 is 14.9 Å². The molecule has 0 aliphatic carbocycles. The zero-order valence-corrected chi connectivity index (χ0v) is 11.8. The van der Waals surface area contributed by atoms with Gasteiger partial charge < -0.3 is 14.9 Å². The van der Waals surface area contributed by atoms with Gasteiger partial charge in [0, 0.05) is 0 Å². The SMILES string of the molecule is O[C@@H](/C=C/c1ccccc1)[C@@H](O)COCc1ccccc1. The van der Waals surface area contributed by atoms with Gasteiger partial charge in [-0.25, -0.2) is 0 Å². The summed E-state index contributed by atoms with van der Waals surface area (Å²) in [4.78, 5) is 0. The van der Waals surface area contributed by atoms with Crippen molar-refractivity contribution in [1.82, 2.24) is 0 Å². The van der Waals surface area contributed by atoms with E-state index < -0.39 is 12.2 Å². The largest absolute Gasteiger partial charge is 0.388 e. The third-order valence-corrected chi connectivity index (χ3v) is 3.08. The third-order valence-electron chi connectivity index (χ3n) is 3.08. The van der Waals surface area contributed by atoms with Crippen LogP contribution in [0.15, 0.2) is 66.7 Å². The van der Waals surface area contributed by atoms with Gasteiger partial charge in [-0.05, 0) is 11.1 Å². The quantitative estimate of drug-likeness (QED) is 0.822. The predicted molar refractivity (Wildman–Crippen MR) is 83.6 cm³/mol. The van der Waals surface area contributed by atoms with Crippen molar-refractivity contribution in [2.75, 3.05) is 6.61 Å². The van der Waals surface area contributed by atoms with Gasteiger partial charge in [-0.2, -0.15) is 0 Å². The molecule has 110 valence electrons. The number of aliphatic hydroxyl groups is 2. The monoisotopic (exact) mass is 284 g/mol. The van der Waals surface area contributed by atoms with Crippen molar-refractivity contribution in [3.8, 4) is 0 Å². The Labute approximate surface area is 125 Å². The topological polar surface area (TPSA) is 49.7 Å². The Hall–Kier alpha value is -1.94. The first-order valence-electron chi connectivity index (χ1n) is 6.97. The lowest BCUT2D eigenvalue weighted by Gasteiger charge is -2.14. The molecule has 0 aliphatic rings. The number of hydrogen-bond donors (Lipinski definition) is 2. The molecule has 0 heterocycles. The summed E-state index contributed by atoms with van der Waals surface area (Å²) in [7, 11) is 0. The van der Waals surface area contributed by atoms with E-state index in [2.05, 4.69) is 0 Å². The Kier molecular flexibility index (Phi) is 6.16. The summed E-state index contributed by atoms with van der Waals surface area (Å²) in [6, 6.07) is 19.4. The molecule has 2 aromatic rings. The normalized spacial score (nSPS) is 14.2. The van der Waals surface area contributed by atoms with E-state index in [0.717, 1.165) is 11.1 Å². The molecule has 2 aromatic carbocycles. The summed E-state index contributed by atoms with van der Waals surface area (Å²) in [6.45, 7) is 0.516. The summed E-state index contributed by atoms with van der Waals surface area (Å²) >= 11 is 0. The van der Waals surface area contributed by atoms with Crippen LogP contribution in [0.3, 0.4) is 0 Å². The van der Waals surface area contributed by atoms with Crippen molar-refractivity contribution in [1.29, 1.82) is 0 Å². The molecular formula is C18H20O3. The highest BCUT2D eigenvalue weighted by Gasteiger charge is 2.13. The highest BCUT2D eigenvalue weighted by molar-refractivity contribution is 5.49. The Bertz CT molecular complexity index is 537. The maximum absolute atomic E-state index is 9.86. The number of ether oxygens (including phenoxy) is 1. The van der Waals surface area contributed by atoms with E-state index in [9.17, 15) is 10.2 Å². The molecule has 21 heavy (non-hydrogen) atoms. The van der Waals surface area contributed by atoms with Crippen LogP contribution in [0.25, 0.3) is 6.08 Å². The van der Waals surface area contributed by atoms with Crippen molar-refractivity contribution in [3.05, 3.63) is 77.9 Å². The fourth-order valence-electron chi connectivity index (χ4n) is 1.87. The molecule has 3 nitrogen and oxygen atoms in total. The van der Waals surface area contributed by atoms with Gasteiger partial charge in [0.25, 0.3) is 0 Å². The first-order valence-corrected chi connectivity index (χ1v) is 6.97. The fraction of sp³-hybridized carbons (Fsp3) is 0.222. The van der Waals surface area contributed by atoms with Crippen molar-refractivity contribution in [3.63, 3.8) is 0 Å². The van der Waals surface area contributed by atoms with E-state index in [1.807, 2.05) is 60.7 Å². The van der Waals surface area contributed by atoms with Gasteiger partial charge in [0.15, 0.2) is 0 Å². The van der Waals surface area contributed by atoms with Crippen molar-refractivity contribution in [2.24, 2.45) is 0 Å². The lowest BCUT2D eigenvalue weighted by Crippen LogP contribution is -2.28. The molecule has 0 aliphatic heterocycles. The smallest absolute Gasteiger partial charge is 0.107 e. The molecule has 0 saturated carbocycles. The Balaban J connectivity index is 1.75. The molecule has 3 heteroatoms. The van der Waals surface area contributed by atoms with Crippen LogP contribution < -0.4 is 0 Å². The average molecular weight is 284 g/mol. The van der Waals surface area contributed by atoms with Crippen LogP contribution >= 0.6 is 0 Å². The van der Waals surface area contributed by atoms with E-state index >= 15 is 0 Å². The molecule has 2 atom stereocenters. The molecule has 2 rings (SSSR count). The van der Waals surface area contributed by atoms with Crippen molar-refractivity contribution in [2.45, 2.75) is 18.8 Å². The first-order chi connectivity index (χ1) is 10.3. The predicted octanol–water partition coefficient (Wildman–Crippen LogP) is 2.64. The lowest BCUT2D eigenvalue weighted by atomic mass is 10.1. The van der Waals surface area contributed by atoms with Crippen LogP contribution in [-0.2, 0) is 11.3 Å². The number of rotatable bonds is 7. The molecule has 0 spiro atoms. The molecule has 0 aromatic heterocycles. The number of aliphatic hydroxyl groups excluding tert-OH is 2. The Morgan fingerprint density at radius 1 is 0.905 bits per heavy atom. The zero-order valence-electron chi connectivity index (χ0n) is 11.8. The second-order valence-electron chi connectivity index (χ2n) is 4.83.